The lowest BCUT2D eigenvalue weighted by molar-refractivity contribution is 0.583. The third-order valence-electron chi connectivity index (χ3n) is 3.22. The number of nitrogens with one attached hydrogen (secondary N) is 1. The fraction of sp³-hybridized carbons (Fsp3) is 0.643. The summed E-state index contributed by atoms with van der Waals surface area (Å²) < 4.78 is 0. The Labute approximate surface area is 127 Å². The van der Waals surface area contributed by atoms with Crippen LogP contribution in [-0.2, 0) is 11.8 Å². The van der Waals surface area contributed by atoms with Gasteiger partial charge in [0.05, 0.1) is 10.7 Å². The molecule has 0 saturated heterocycles. The summed E-state index contributed by atoms with van der Waals surface area (Å²) in [6, 6.07) is 0. The second-order valence-corrected chi connectivity index (χ2v) is 8.16. The van der Waals surface area contributed by atoms with Gasteiger partial charge in [-0.1, -0.05) is 32.1 Å². The predicted molar refractivity (Wildman–Crippen MR) is 84.9 cm³/mol. The highest BCUT2D eigenvalue weighted by Gasteiger charge is 2.27. The van der Waals surface area contributed by atoms with Crippen LogP contribution in [0, 0.1) is 0 Å². The standard InChI is InChI=1S/C14H20N4S2/c1-14(2,3)12-16-10(8-19-12)6-7-15-13-18-17-11(20-13)9-4-5-9/h8-9H,4-7H2,1-3H3,(H,15,18). The van der Waals surface area contributed by atoms with Crippen LogP contribution in [0.15, 0.2) is 5.38 Å². The molecule has 0 spiro atoms. The Bertz CT molecular complexity index is 578. The van der Waals surface area contributed by atoms with Crippen molar-refractivity contribution in [2.24, 2.45) is 0 Å². The number of thiazole rings is 1. The van der Waals surface area contributed by atoms with Gasteiger partial charge in [-0.2, -0.15) is 0 Å². The van der Waals surface area contributed by atoms with E-state index in [1.54, 1.807) is 22.7 Å². The average molecular weight is 308 g/mol. The minimum Gasteiger partial charge on any atom is -0.360 e. The summed E-state index contributed by atoms with van der Waals surface area (Å²) in [6.07, 6.45) is 3.50. The van der Waals surface area contributed by atoms with E-state index in [9.17, 15) is 0 Å². The van der Waals surface area contributed by atoms with Crippen molar-refractivity contribution in [2.75, 3.05) is 11.9 Å². The van der Waals surface area contributed by atoms with Gasteiger partial charge in [0.2, 0.25) is 5.13 Å². The highest BCUT2D eigenvalue weighted by Crippen LogP contribution is 2.42. The van der Waals surface area contributed by atoms with Crippen LogP contribution < -0.4 is 5.32 Å². The molecule has 1 N–H and O–H groups in total. The van der Waals surface area contributed by atoms with Crippen molar-refractivity contribution in [3.63, 3.8) is 0 Å². The first-order chi connectivity index (χ1) is 9.52. The molecule has 3 rings (SSSR count). The minimum absolute atomic E-state index is 0.148. The van der Waals surface area contributed by atoms with Gasteiger partial charge in [-0.05, 0) is 12.8 Å². The number of rotatable bonds is 5. The quantitative estimate of drug-likeness (QED) is 0.912. The zero-order valence-electron chi connectivity index (χ0n) is 12.1. The summed E-state index contributed by atoms with van der Waals surface area (Å²) >= 11 is 3.45. The third-order valence-corrected chi connectivity index (χ3v) is 5.58. The molecule has 0 unspecified atom stereocenters. The Hall–Kier alpha value is -1.01. The maximum atomic E-state index is 4.70. The maximum Gasteiger partial charge on any atom is 0.205 e. The monoisotopic (exact) mass is 308 g/mol. The molecule has 1 aliphatic rings. The van der Waals surface area contributed by atoms with E-state index in [1.807, 2.05) is 0 Å². The number of aromatic nitrogens is 3. The van der Waals surface area contributed by atoms with Crippen LogP contribution in [-0.4, -0.2) is 21.7 Å². The first-order valence-corrected chi connectivity index (χ1v) is 8.74. The zero-order chi connectivity index (χ0) is 14.2. The second kappa shape index (κ2) is 5.41. The molecule has 20 heavy (non-hydrogen) atoms. The Morgan fingerprint density at radius 2 is 2.10 bits per heavy atom. The molecule has 2 heterocycles. The van der Waals surface area contributed by atoms with Gasteiger partial charge >= 0.3 is 0 Å². The molecule has 2 aromatic heterocycles. The van der Waals surface area contributed by atoms with Crippen molar-refractivity contribution in [2.45, 2.75) is 51.4 Å². The van der Waals surface area contributed by atoms with Crippen LogP contribution >= 0.6 is 22.7 Å². The van der Waals surface area contributed by atoms with Crippen LogP contribution in [0.1, 0.15) is 55.2 Å². The SMILES string of the molecule is CC(C)(C)c1nc(CCNc2nnc(C3CC3)s2)cs1. The highest BCUT2D eigenvalue weighted by molar-refractivity contribution is 7.15. The van der Waals surface area contributed by atoms with Gasteiger partial charge in [0.15, 0.2) is 0 Å². The Morgan fingerprint density at radius 1 is 1.30 bits per heavy atom. The number of hydrogen-bond donors (Lipinski definition) is 1. The first kappa shape index (κ1) is 13.9. The van der Waals surface area contributed by atoms with E-state index in [-0.39, 0.29) is 5.41 Å². The van der Waals surface area contributed by atoms with E-state index >= 15 is 0 Å². The molecule has 0 aromatic carbocycles. The lowest BCUT2D eigenvalue weighted by Gasteiger charge is -2.13. The van der Waals surface area contributed by atoms with Gasteiger partial charge in [0, 0.05) is 29.7 Å². The molecular formula is C14H20N4S2. The van der Waals surface area contributed by atoms with E-state index in [2.05, 4.69) is 41.7 Å². The van der Waals surface area contributed by atoms with Crippen molar-refractivity contribution < 1.29 is 0 Å². The van der Waals surface area contributed by atoms with Crippen molar-refractivity contribution in [3.8, 4) is 0 Å². The van der Waals surface area contributed by atoms with Gasteiger partial charge in [-0.15, -0.1) is 21.5 Å². The summed E-state index contributed by atoms with van der Waals surface area (Å²) in [5.41, 5.74) is 1.31. The van der Waals surface area contributed by atoms with Gasteiger partial charge < -0.3 is 5.32 Å². The molecule has 0 aliphatic heterocycles. The van der Waals surface area contributed by atoms with Crippen LogP contribution in [0.5, 0.6) is 0 Å². The van der Waals surface area contributed by atoms with E-state index in [4.69, 9.17) is 4.98 Å². The summed E-state index contributed by atoms with van der Waals surface area (Å²) in [7, 11) is 0. The smallest absolute Gasteiger partial charge is 0.205 e. The van der Waals surface area contributed by atoms with Crippen LogP contribution in [0.25, 0.3) is 0 Å². The van der Waals surface area contributed by atoms with Crippen molar-refractivity contribution >= 4 is 27.8 Å². The van der Waals surface area contributed by atoms with Gasteiger partial charge in [0.1, 0.15) is 5.01 Å². The van der Waals surface area contributed by atoms with E-state index in [0.717, 1.165) is 18.1 Å². The fourth-order valence-corrected chi connectivity index (χ4v) is 3.74. The molecule has 2 aromatic rings. The molecule has 4 nitrogen and oxygen atoms in total. The molecule has 1 aliphatic carbocycles. The van der Waals surface area contributed by atoms with Crippen molar-refractivity contribution in [3.05, 3.63) is 21.1 Å². The molecule has 1 saturated carbocycles. The van der Waals surface area contributed by atoms with E-state index in [0.29, 0.717) is 5.92 Å². The van der Waals surface area contributed by atoms with Crippen LogP contribution in [0.3, 0.4) is 0 Å². The van der Waals surface area contributed by atoms with Crippen LogP contribution in [0.2, 0.25) is 0 Å². The van der Waals surface area contributed by atoms with E-state index in [1.165, 1.54) is 28.6 Å². The number of anilines is 1. The largest absolute Gasteiger partial charge is 0.360 e. The molecule has 0 radical (unpaired) electrons. The van der Waals surface area contributed by atoms with Gasteiger partial charge in [-0.3, -0.25) is 0 Å². The fourth-order valence-electron chi connectivity index (χ4n) is 1.87. The third kappa shape index (κ3) is 3.35. The summed E-state index contributed by atoms with van der Waals surface area (Å²) in [5.74, 6) is 0.691. The molecule has 6 heteroatoms. The molecule has 1 fully saturated rings. The predicted octanol–water partition coefficient (Wildman–Crippen LogP) is 3.82. The Morgan fingerprint density at radius 3 is 2.75 bits per heavy atom. The highest BCUT2D eigenvalue weighted by atomic mass is 32.1. The molecular weight excluding hydrogens is 288 g/mol. The molecule has 0 amide bonds. The summed E-state index contributed by atoms with van der Waals surface area (Å²) in [5, 5.41) is 17.3. The van der Waals surface area contributed by atoms with Gasteiger partial charge in [0.25, 0.3) is 0 Å². The van der Waals surface area contributed by atoms with E-state index < -0.39 is 0 Å². The summed E-state index contributed by atoms with van der Waals surface area (Å²) in [6.45, 7) is 7.48. The Kier molecular flexibility index (Phi) is 3.77. The lowest BCUT2D eigenvalue weighted by Crippen LogP contribution is -2.11. The minimum atomic E-state index is 0.148. The average Bonchev–Trinajstić information content (AvgIpc) is 2.93. The second-order valence-electron chi connectivity index (χ2n) is 6.29. The zero-order valence-corrected chi connectivity index (χ0v) is 13.8. The normalized spacial score (nSPS) is 15.6. The molecule has 108 valence electrons. The first-order valence-electron chi connectivity index (χ1n) is 7.04. The van der Waals surface area contributed by atoms with Crippen molar-refractivity contribution in [1.82, 2.24) is 15.2 Å². The Balaban J connectivity index is 1.50. The topological polar surface area (TPSA) is 50.7 Å². The number of nitrogens with zero attached hydrogens (tertiary/aromatic N) is 3. The number of hydrogen-bond acceptors (Lipinski definition) is 6. The maximum absolute atomic E-state index is 4.70. The lowest BCUT2D eigenvalue weighted by atomic mass is 9.98. The van der Waals surface area contributed by atoms with Crippen molar-refractivity contribution in [1.29, 1.82) is 0 Å². The van der Waals surface area contributed by atoms with Crippen LogP contribution in [0.4, 0.5) is 5.13 Å². The molecule has 0 bridgehead atoms. The van der Waals surface area contributed by atoms with Gasteiger partial charge in [-0.25, -0.2) is 4.98 Å². The molecule has 0 atom stereocenters. The summed E-state index contributed by atoms with van der Waals surface area (Å²) in [4.78, 5) is 4.70.